The molecular weight excluding hydrogens is 544 g/mol. The summed E-state index contributed by atoms with van der Waals surface area (Å²) in [6.07, 6.45) is 7.05. The van der Waals surface area contributed by atoms with E-state index in [0.717, 1.165) is 6.07 Å². The lowest BCUT2D eigenvalue weighted by molar-refractivity contribution is 0.0695. The molecule has 2 fully saturated rings. The third-order valence-corrected chi connectivity index (χ3v) is 8.43. The molecule has 0 bridgehead atoms. The van der Waals surface area contributed by atoms with Gasteiger partial charge in [-0.05, 0) is 50.5 Å². The van der Waals surface area contributed by atoms with Crippen molar-refractivity contribution >= 4 is 44.6 Å². The van der Waals surface area contributed by atoms with Gasteiger partial charge in [0.2, 0.25) is 5.43 Å². The fourth-order valence-corrected chi connectivity index (χ4v) is 6.21. The van der Waals surface area contributed by atoms with Crippen LogP contribution >= 0.6 is 0 Å². The number of anilines is 1. The zero-order valence-corrected chi connectivity index (χ0v) is 23.5. The van der Waals surface area contributed by atoms with E-state index in [0.29, 0.717) is 44.4 Å². The maximum Gasteiger partial charge on any atom is 0.341 e. The Morgan fingerprint density at radius 3 is 2.48 bits per heavy atom. The summed E-state index contributed by atoms with van der Waals surface area (Å²) < 4.78 is 30.3. The van der Waals surface area contributed by atoms with Crippen LogP contribution in [0.15, 0.2) is 41.6 Å². The Balaban J connectivity index is 0.000000265. The number of carboxylic acid groups (broad SMARTS) is 1. The van der Waals surface area contributed by atoms with E-state index < -0.39 is 23.0 Å². The minimum atomic E-state index is -1.34. The minimum absolute atomic E-state index is 0.0523. The molecule has 12 heteroatoms. The molecule has 5 aromatic rings. The van der Waals surface area contributed by atoms with E-state index in [1.807, 2.05) is 0 Å². The molecule has 1 atom stereocenters. The molecular formula is C30H31F2N7O3. The molecule has 10 nitrogen and oxygen atoms in total. The van der Waals surface area contributed by atoms with Gasteiger partial charge >= 0.3 is 5.97 Å². The van der Waals surface area contributed by atoms with Crippen LogP contribution in [0, 0.1) is 17.0 Å². The molecule has 42 heavy (non-hydrogen) atoms. The van der Waals surface area contributed by atoms with Crippen molar-refractivity contribution < 1.29 is 18.7 Å². The van der Waals surface area contributed by atoms with Crippen molar-refractivity contribution in [3.05, 3.63) is 64.2 Å². The Morgan fingerprint density at radius 2 is 1.83 bits per heavy atom. The molecule has 2 aliphatic heterocycles. The Morgan fingerprint density at radius 1 is 1.10 bits per heavy atom. The van der Waals surface area contributed by atoms with Crippen LogP contribution in [0.3, 0.4) is 0 Å². The SMILES string of the molecule is CN1CCC2(CCNC2)C1.CNc1cc(F)c(F)c2c1[nH]c1ncc(-c3cnc4c(c3)c(=O)c(C(=O)O)cn4C)cc12. The van der Waals surface area contributed by atoms with Crippen LogP contribution in [0.5, 0.6) is 0 Å². The van der Waals surface area contributed by atoms with E-state index in [1.54, 1.807) is 20.2 Å². The average Bonchev–Trinajstić information content (AvgIpc) is 3.70. The summed E-state index contributed by atoms with van der Waals surface area (Å²) in [7, 11) is 5.42. The Kier molecular flexibility index (Phi) is 6.90. The zero-order valence-electron chi connectivity index (χ0n) is 23.5. The van der Waals surface area contributed by atoms with Crippen LogP contribution in [-0.2, 0) is 7.05 Å². The van der Waals surface area contributed by atoms with E-state index in [2.05, 4.69) is 37.5 Å². The van der Waals surface area contributed by atoms with Gasteiger partial charge in [0.05, 0.1) is 16.6 Å². The van der Waals surface area contributed by atoms with Gasteiger partial charge in [-0.2, -0.15) is 0 Å². The summed E-state index contributed by atoms with van der Waals surface area (Å²) in [6, 6.07) is 4.21. The molecule has 0 aliphatic carbocycles. The topological polar surface area (TPSA) is 128 Å². The van der Waals surface area contributed by atoms with Gasteiger partial charge in [-0.3, -0.25) is 4.79 Å². The Bertz CT molecular complexity index is 1930. The molecule has 4 N–H and O–H groups in total. The van der Waals surface area contributed by atoms with Gasteiger partial charge in [0.15, 0.2) is 11.6 Å². The number of fused-ring (bicyclic) bond motifs is 4. The van der Waals surface area contributed by atoms with Crippen LogP contribution in [0.2, 0.25) is 0 Å². The number of aromatic amines is 1. The smallest absolute Gasteiger partial charge is 0.341 e. The molecule has 218 valence electrons. The molecule has 6 heterocycles. The summed E-state index contributed by atoms with van der Waals surface area (Å²) in [5, 5.41) is 16.1. The molecule has 1 aromatic carbocycles. The highest BCUT2D eigenvalue weighted by molar-refractivity contribution is 6.11. The lowest BCUT2D eigenvalue weighted by atomic mass is 9.87. The first-order valence-corrected chi connectivity index (χ1v) is 13.7. The van der Waals surface area contributed by atoms with Crippen molar-refractivity contribution in [2.45, 2.75) is 12.8 Å². The van der Waals surface area contributed by atoms with Crippen LogP contribution < -0.4 is 16.1 Å². The number of carboxylic acids is 1. The quantitative estimate of drug-likeness (QED) is 0.255. The maximum absolute atomic E-state index is 14.7. The minimum Gasteiger partial charge on any atom is -0.477 e. The molecule has 2 saturated heterocycles. The number of benzene rings is 1. The predicted molar refractivity (Wildman–Crippen MR) is 158 cm³/mol. The second-order valence-electron chi connectivity index (χ2n) is 11.3. The second-order valence-corrected chi connectivity index (χ2v) is 11.3. The fourth-order valence-electron chi connectivity index (χ4n) is 6.21. The molecule has 0 amide bonds. The number of likely N-dealkylation sites (tertiary alicyclic amines) is 1. The number of rotatable bonds is 3. The third-order valence-electron chi connectivity index (χ3n) is 8.43. The van der Waals surface area contributed by atoms with Crippen molar-refractivity contribution in [3.63, 3.8) is 0 Å². The van der Waals surface area contributed by atoms with Gasteiger partial charge in [0.1, 0.15) is 16.9 Å². The number of aromatic nitrogens is 4. The first kappa shape index (κ1) is 27.7. The first-order valence-electron chi connectivity index (χ1n) is 13.7. The van der Waals surface area contributed by atoms with E-state index in [9.17, 15) is 23.5 Å². The molecule has 7 rings (SSSR count). The number of hydrogen-bond donors (Lipinski definition) is 4. The normalized spacial score (nSPS) is 18.7. The summed E-state index contributed by atoms with van der Waals surface area (Å²) in [5.41, 5.74) is 2.07. The predicted octanol–water partition coefficient (Wildman–Crippen LogP) is 3.95. The standard InChI is InChI=1S/C22H15F2N5O3.C8H16N2/c1-25-15-5-14(23)17(24)16-11-3-9(6-26-20(11)28-18(15)16)10-4-12-19(30)13(22(31)32)8-29(2)21(12)27-7-10;1-10-5-3-8(7-10)2-4-9-6-8/h3-8,25H,1-2H3,(H,26,28)(H,31,32);9H,2-7H2,1H3. The highest BCUT2D eigenvalue weighted by atomic mass is 19.2. The number of carbonyl (C=O) groups is 1. The van der Waals surface area contributed by atoms with Crippen molar-refractivity contribution in [2.75, 3.05) is 45.6 Å². The lowest BCUT2D eigenvalue weighted by Gasteiger charge is -2.20. The van der Waals surface area contributed by atoms with E-state index >= 15 is 0 Å². The van der Waals surface area contributed by atoms with Crippen LogP contribution in [0.1, 0.15) is 23.2 Å². The van der Waals surface area contributed by atoms with E-state index in [-0.39, 0.29) is 16.3 Å². The van der Waals surface area contributed by atoms with Crippen LogP contribution in [0.4, 0.5) is 14.5 Å². The third kappa shape index (κ3) is 4.66. The van der Waals surface area contributed by atoms with E-state index in [1.165, 1.54) is 68.2 Å². The van der Waals surface area contributed by atoms with Crippen molar-refractivity contribution in [1.82, 2.24) is 29.7 Å². The molecule has 0 radical (unpaired) electrons. The van der Waals surface area contributed by atoms with Crippen LogP contribution in [-0.4, -0.2) is 75.8 Å². The number of halogens is 2. The molecule has 1 spiro atoms. The largest absolute Gasteiger partial charge is 0.477 e. The summed E-state index contributed by atoms with van der Waals surface area (Å²) in [5.74, 6) is -3.33. The van der Waals surface area contributed by atoms with Crippen molar-refractivity contribution in [2.24, 2.45) is 12.5 Å². The number of aromatic carboxylic acids is 1. The van der Waals surface area contributed by atoms with Crippen LogP contribution in [0.25, 0.3) is 44.1 Å². The highest BCUT2D eigenvalue weighted by Gasteiger charge is 2.38. The van der Waals surface area contributed by atoms with Gasteiger partial charge in [-0.25, -0.2) is 23.5 Å². The molecule has 0 saturated carbocycles. The number of H-pyrrole nitrogens is 1. The number of hydrogen-bond acceptors (Lipinski definition) is 7. The maximum atomic E-state index is 14.7. The van der Waals surface area contributed by atoms with Crippen molar-refractivity contribution in [3.8, 4) is 11.1 Å². The molecule has 1 unspecified atom stereocenters. The fraction of sp³-hybridized carbons (Fsp3) is 0.333. The molecule has 4 aromatic heterocycles. The van der Waals surface area contributed by atoms with Gasteiger partial charge in [0, 0.05) is 73.7 Å². The first-order chi connectivity index (χ1) is 20.1. The number of nitrogens with zero attached hydrogens (tertiary/aromatic N) is 4. The van der Waals surface area contributed by atoms with Gasteiger partial charge in [-0.1, -0.05) is 0 Å². The van der Waals surface area contributed by atoms with Crippen molar-refractivity contribution in [1.29, 1.82) is 0 Å². The monoisotopic (exact) mass is 575 g/mol. The zero-order chi connectivity index (χ0) is 29.8. The Labute approximate surface area is 239 Å². The van der Waals surface area contributed by atoms with Gasteiger partial charge < -0.3 is 30.2 Å². The van der Waals surface area contributed by atoms with E-state index in [4.69, 9.17) is 0 Å². The number of nitrogens with one attached hydrogen (secondary N) is 3. The Hall–Kier alpha value is -4.42. The summed E-state index contributed by atoms with van der Waals surface area (Å²) in [4.78, 5) is 38.1. The van der Waals surface area contributed by atoms with Gasteiger partial charge in [0.25, 0.3) is 0 Å². The second kappa shape index (κ2) is 10.4. The summed E-state index contributed by atoms with van der Waals surface area (Å²) >= 11 is 0. The number of aryl methyl sites for hydroxylation is 1. The highest BCUT2D eigenvalue weighted by Crippen LogP contribution is 2.36. The number of pyridine rings is 3. The van der Waals surface area contributed by atoms with Gasteiger partial charge in [-0.15, -0.1) is 0 Å². The lowest BCUT2D eigenvalue weighted by Crippen LogP contribution is -2.27. The summed E-state index contributed by atoms with van der Waals surface area (Å²) in [6.45, 7) is 5.13. The average molecular weight is 576 g/mol. The molecule has 2 aliphatic rings.